The van der Waals surface area contributed by atoms with Gasteiger partial charge in [-0.05, 0) is 43.2 Å². The Labute approximate surface area is 181 Å². The molecule has 2 heterocycles. The van der Waals surface area contributed by atoms with Gasteiger partial charge in [-0.2, -0.15) is 0 Å². The van der Waals surface area contributed by atoms with E-state index >= 15 is 0 Å². The third-order valence-electron chi connectivity index (χ3n) is 5.55. The summed E-state index contributed by atoms with van der Waals surface area (Å²) >= 11 is 0. The lowest BCUT2D eigenvalue weighted by Crippen LogP contribution is -2.07. The van der Waals surface area contributed by atoms with Crippen LogP contribution in [0.2, 0.25) is 0 Å². The van der Waals surface area contributed by atoms with E-state index < -0.39 is 5.97 Å². The van der Waals surface area contributed by atoms with Gasteiger partial charge < -0.3 is 19.1 Å². The van der Waals surface area contributed by atoms with Crippen molar-refractivity contribution in [2.24, 2.45) is 4.99 Å². The first-order chi connectivity index (χ1) is 15.0. The average molecular weight is 416 g/mol. The maximum atomic E-state index is 12.6. The van der Waals surface area contributed by atoms with E-state index in [-0.39, 0.29) is 5.88 Å². The lowest BCUT2D eigenvalue weighted by atomic mass is 10.0. The fourth-order valence-corrected chi connectivity index (χ4v) is 3.87. The highest BCUT2D eigenvalue weighted by Gasteiger charge is 2.26. The van der Waals surface area contributed by atoms with Gasteiger partial charge in [-0.15, -0.1) is 0 Å². The molecule has 1 N–H and O–H groups in total. The first kappa shape index (κ1) is 20.5. The van der Waals surface area contributed by atoms with Crippen LogP contribution in [0.4, 0.5) is 5.69 Å². The first-order valence-corrected chi connectivity index (χ1v) is 10.0. The number of hydrogen-bond donors (Lipinski definition) is 1. The number of aromatic nitrogens is 1. The summed E-state index contributed by atoms with van der Waals surface area (Å²) in [5.41, 5.74) is 5.07. The molecule has 0 fully saturated rings. The highest BCUT2D eigenvalue weighted by molar-refractivity contribution is 6.22. The number of aliphatic imine (C=N–C) groups is 1. The van der Waals surface area contributed by atoms with Crippen molar-refractivity contribution in [3.63, 3.8) is 0 Å². The van der Waals surface area contributed by atoms with E-state index in [4.69, 9.17) is 9.47 Å². The van der Waals surface area contributed by atoms with E-state index in [0.717, 1.165) is 28.8 Å². The van der Waals surface area contributed by atoms with Crippen molar-refractivity contribution < 1.29 is 19.4 Å². The highest BCUT2D eigenvalue weighted by Crippen LogP contribution is 2.38. The molecule has 0 amide bonds. The molecule has 0 saturated carbocycles. The number of benzene rings is 2. The fraction of sp³-hybridized carbons (Fsp3) is 0.200. The smallest absolute Gasteiger partial charge is 0.340 e. The third-order valence-corrected chi connectivity index (χ3v) is 5.55. The third kappa shape index (κ3) is 3.84. The van der Waals surface area contributed by atoms with Gasteiger partial charge in [-0.3, -0.25) is 4.99 Å². The maximum absolute atomic E-state index is 12.6. The summed E-state index contributed by atoms with van der Waals surface area (Å²) < 4.78 is 12.1. The molecular weight excluding hydrogens is 392 g/mol. The van der Waals surface area contributed by atoms with Crippen LogP contribution >= 0.6 is 0 Å². The summed E-state index contributed by atoms with van der Waals surface area (Å²) in [6.45, 7) is 2.35. The minimum absolute atomic E-state index is 0.0334. The molecule has 2 aromatic carbocycles. The fourth-order valence-electron chi connectivity index (χ4n) is 3.87. The Morgan fingerprint density at radius 1 is 1.16 bits per heavy atom. The standard InChI is InChI=1S/C25H24N2O4/c1-16-23(25(29)31-3)21(24(28)27(16)12-11-17-7-5-4-6-8-17)13-18-15-26-22-10-9-19(30-2)14-20(18)22/h4-10,13-15,28H,11-12H2,1-3H3/b18-13-. The van der Waals surface area contributed by atoms with Gasteiger partial charge in [0.05, 0.1) is 31.0 Å². The molecule has 31 heavy (non-hydrogen) atoms. The second-order valence-corrected chi connectivity index (χ2v) is 7.32. The summed E-state index contributed by atoms with van der Waals surface area (Å²) in [7, 11) is 2.95. The zero-order valence-electron chi connectivity index (χ0n) is 17.8. The zero-order valence-corrected chi connectivity index (χ0v) is 17.8. The van der Waals surface area contributed by atoms with Crippen LogP contribution in [-0.4, -0.2) is 36.1 Å². The predicted octanol–water partition coefficient (Wildman–Crippen LogP) is 4.80. The number of nitrogens with zero attached hydrogens (tertiary/aromatic N) is 2. The molecule has 158 valence electrons. The molecule has 4 rings (SSSR count). The lowest BCUT2D eigenvalue weighted by molar-refractivity contribution is 0.0599. The monoisotopic (exact) mass is 416 g/mol. The minimum atomic E-state index is -0.487. The maximum Gasteiger partial charge on any atom is 0.340 e. The van der Waals surface area contributed by atoms with Crippen LogP contribution < -0.4 is 4.74 Å². The predicted molar refractivity (Wildman–Crippen MR) is 121 cm³/mol. The number of hydrogen-bond acceptors (Lipinski definition) is 5. The number of carbonyl (C=O) groups is 1. The molecule has 0 radical (unpaired) electrons. The quantitative estimate of drug-likeness (QED) is 0.586. The van der Waals surface area contributed by atoms with Gasteiger partial charge in [0, 0.05) is 29.6 Å². The van der Waals surface area contributed by atoms with Crippen LogP contribution in [0.1, 0.15) is 32.7 Å². The molecule has 1 aliphatic heterocycles. The zero-order chi connectivity index (χ0) is 22.0. The molecule has 1 aromatic heterocycles. The molecule has 0 bridgehead atoms. The van der Waals surface area contributed by atoms with Gasteiger partial charge in [0.15, 0.2) is 5.88 Å². The van der Waals surface area contributed by atoms with Gasteiger partial charge in [0.25, 0.3) is 0 Å². The summed E-state index contributed by atoms with van der Waals surface area (Å²) in [4.78, 5) is 17.0. The number of carbonyl (C=O) groups excluding carboxylic acids is 1. The molecule has 6 nitrogen and oxygen atoms in total. The van der Waals surface area contributed by atoms with Gasteiger partial charge >= 0.3 is 5.97 Å². The van der Waals surface area contributed by atoms with E-state index in [9.17, 15) is 9.90 Å². The number of aromatic hydroxyl groups is 1. The second kappa shape index (κ2) is 8.52. The van der Waals surface area contributed by atoms with E-state index in [0.29, 0.717) is 29.1 Å². The topological polar surface area (TPSA) is 73.1 Å². The van der Waals surface area contributed by atoms with Crippen LogP contribution in [0, 0.1) is 6.92 Å². The Bertz CT molecular complexity index is 1190. The SMILES string of the molecule is COC(=O)c1c(/C=C2/C=Nc3ccc(OC)cc32)c(O)n(CCc2ccccc2)c1C. The van der Waals surface area contributed by atoms with Gasteiger partial charge in [-0.25, -0.2) is 4.79 Å². The Kier molecular flexibility index (Phi) is 5.62. The molecule has 0 aliphatic carbocycles. The Hall–Kier alpha value is -3.80. The molecule has 0 unspecified atom stereocenters. The summed E-state index contributed by atoms with van der Waals surface area (Å²) in [5, 5.41) is 11.1. The van der Waals surface area contributed by atoms with Crippen LogP contribution in [0.5, 0.6) is 11.6 Å². The number of rotatable bonds is 6. The average Bonchev–Trinajstić information content (AvgIpc) is 3.30. The number of aryl methyl sites for hydroxylation is 1. The molecule has 3 aromatic rings. The van der Waals surface area contributed by atoms with Crippen LogP contribution in [-0.2, 0) is 17.7 Å². The van der Waals surface area contributed by atoms with Crippen LogP contribution in [0.3, 0.4) is 0 Å². The summed E-state index contributed by atoms with van der Waals surface area (Å²) in [6, 6.07) is 15.6. The highest BCUT2D eigenvalue weighted by atomic mass is 16.5. The number of fused-ring (bicyclic) bond motifs is 1. The van der Waals surface area contributed by atoms with E-state index in [1.807, 2.05) is 55.5 Å². The lowest BCUT2D eigenvalue weighted by Gasteiger charge is -2.08. The Morgan fingerprint density at radius 3 is 2.65 bits per heavy atom. The molecule has 6 heteroatoms. The summed E-state index contributed by atoms with van der Waals surface area (Å²) in [5.74, 6) is 0.258. The molecule has 0 saturated heterocycles. The van der Waals surface area contributed by atoms with E-state index in [1.54, 1.807) is 24.0 Å². The minimum Gasteiger partial charge on any atom is -0.497 e. The van der Waals surface area contributed by atoms with Crippen molar-refractivity contribution >= 4 is 29.5 Å². The Morgan fingerprint density at radius 2 is 1.94 bits per heavy atom. The number of esters is 1. The van der Waals surface area contributed by atoms with Crippen molar-refractivity contribution in [1.29, 1.82) is 0 Å². The normalized spacial score (nSPS) is 13.5. The second-order valence-electron chi connectivity index (χ2n) is 7.32. The number of allylic oxidation sites excluding steroid dienone is 1. The molecular formula is C25H24N2O4. The summed E-state index contributed by atoms with van der Waals surface area (Å²) in [6.07, 6.45) is 4.23. The number of ether oxygens (including phenoxy) is 2. The van der Waals surface area contributed by atoms with Crippen LogP contribution in [0.25, 0.3) is 11.6 Å². The largest absolute Gasteiger partial charge is 0.497 e. The van der Waals surface area contributed by atoms with Crippen molar-refractivity contribution in [3.8, 4) is 11.6 Å². The molecule has 0 atom stereocenters. The van der Waals surface area contributed by atoms with Gasteiger partial charge in [-0.1, -0.05) is 30.3 Å². The van der Waals surface area contributed by atoms with Gasteiger partial charge in [0.2, 0.25) is 0 Å². The van der Waals surface area contributed by atoms with Crippen molar-refractivity contribution in [1.82, 2.24) is 4.57 Å². The van der Waals surface area contributed by atoms with Crippen molar-refractivity contribution in [3.05, 3.63) is 76.5 Å². The van der Waals surface area contributed by atoms with Crippen molar-refractivity contribution in [2.75, 3.05) is 14.2 Å². The van der Waals surface area contributed by atoms with E-state index in [2.05, 4.69) is 4.99 Å². The van der Waals surface area contributed by atoms with Crippen molar-refractivity contribution in [2.45, 2.75) is 19.9 Å². The molecule has 0 spiro atoms. The Balaban J connectivity index is 1.77. The molecule has 1 aliphatic rings. The van der Waals surface area contributed by atoms with E-state index in [1.165, 1.54) is 7.11 Å². The van der Waals surface area contributed by atoms with Gasteiger partial charge in [0.1, 0.15) is 5.75 Å². The van der Waals surface area contributed by atoms with Crippen LogP contribution in [0.15, 0.2) is 53.5 Å². The first-order valence-electron chi connectivity index (χ1n) is 10.0. The number of methoxy groups -OCH3 is 2.